The van der Waals surface area contributed by atoms with Gasteiger partial charge in [-0.15, -0.1) is 0 Å². The van der Waals surface area contributed by atoms with Crippen molar-refractivity contribution in [3.8, 4) is 0 Å². The van der Waals surface area contributed by atoms with Crippen LogP contribution in [0.2, 0.25) is 5.02 Å². The van der Waals surface area contributed by atoms with Crippen molar-refractivity contribution in [2.24, 2.45) is 0 Å². The molecule has 2 aromatic carbocycles. The van der Waals surface area contributed by atoms with E-state index >= 15 is 0 Å². The van der Waals surface area contributed by atoms with Crippen LogP contribution in [-0.4, -0.2) is 17.4 Å². The zero-order valence-corrected chi connectivity index (χ0v) is 13.2. The van der Waals surface area contributed by atoms with E-state index in [9.17, 15) is 4.79 Å². The van der Waals surface area contributed by atoms with Gasteiger partial charge in [-0.3, -0.25) is 9.78 Å². The first-order chi connectivity index (χ1) is 11.2. The maximum absolute atomic E-state index is 12.0. The highest BCUT2D eigenvalue weighted by molar-refractivity contribution is 6.30. The summed E-state index contributed by atoms with van der Waals surface area (Å²) < 4.78 is 0. The number of hydrogen-bond acceptors (Lipinski definition) is 3. The number of halogens is 1. The molecule has 4 nitrogen and oxygen atoms in total. The summed E-state index contributed by atoms with van der Waals surface area (Å²) in [5, 5.41) is 7.83. The first-order valence-corrected chi connectivity index (χ1v) is 7.73. The fourth-order valence-electron chi connectivity index (χ4n) is 2.31. The second kappa shape index (κ2) is 7.11. The summed E-state index contributed by atoms with van der Waals surface area (Å²) in [5.74, 6) is -0.0481. The van der Waals surface area contributed by atoms with Crippen molar-refractivity contribution in [1.29, 1.82) is 0 Å². The number of para-hydroxylation sites is 1. The third-order valence-electron chi connectivity index (χ3n) is 3.43. The predicted molar refractivity (Wildman–Crippen MR) is 94.9 cm³/mol. The second-order valence-corrected chi connectivity index (χ2v) is 5.55. The van der Waals surface area contributed by atoms with E-state index in [1.54, 1.807) is 30.5 Å². The zero-order valence-electron chi connectivity index (χ0n) is 12.4. The van der Waals surface area contributed by atoms with Gasteiger partial charge in [-0.05, 0) is 36.4 Å². The Morgan fingerprint density at radius 2 is 1.83 bits per heavy atom. The summed E-state index contributed by atoms with van der Waals surface area (Å²) in [6, 6.07) is 16.9. The molecule has 0 aliphatic heterocycles. The molecule has 1 aromatic heterocycles. The van der Waals surface area contributed by atoms with Gasteiger partial charge in [0.25, 0.3) is 0 Å². The number of amides is 1. The molecule has 2 N–H and O–H groups in total. The lowest BCUT2D eigenvalue weighted by Gasteiger charge is -2.09. The molecule has 0 atom stereocenters. The Hall–Kier alpha value is -2.59. The molecule has 3 aromatic rings. The molecule has 0 saturated carbocycles. The van der Waals surface area contributed by atoms with E-state index in [2.05, 4.69) is 15.6 Å². The van der Waals surface area contributed by atoms with Gasteiger partial charge >= 0.3 is 0 Å². The van der Waals surface area contributed by atoms with Crippen molar-refractivity contribution in [2.45, 2.75) is 6.42 Å². The molecule has 0 saturated heterocycles. The molecule has 0 aliphatic carbocycles. The number of carbonyl (C=O) groups excluding carboxylic acids is 1. The SMILES string of the molecule is O=C(CCNc1cccc2cccnc12)Nc1ccc(Cl)cc1. The van der Waals surface area contributed by atoms with Gasteiger partial charge in [-0.25, -0.2) is 0 Å². The highest BCUT2D eigenvalue weighted by Gasteiger charge is 2.04. The van der Waals surface area contributed by atoms with Crippen LogP contribution >= 0.6 is 11.6 Å². The topological polar surface area (TPSA) is 54.0 Å². The molecule has 0 fully saturated rings. The van der Waals surface area contributed by atoms with Crippen molar-refractivity contribution in [1.82, 2.24) is 4.98 Å². The number of nitrogens with zero attached hydrogens (tertiary/aromatic N) is 1. The van der Waals surface area contributed by atoms with Gasteiger partial charge < -0.3 is 10.6 Å². The first kappa shape index (κ1) is 15.3. The lowest BCUT2D eigenvalue weighted by molar-refractivity contribution is -0.115. The summed E-state index contributed by atoms with van der Waals surface area (Å²) in [7, 11) is 0. The molecule has 0 aliphatic rings. The largest absolute Gasteiger partial charge is 0.383 e. The Kier molecular flexibility index (Phi) is 4.74. The summed E-state index contributed by atoms with van der Waals surface area (Å²) in [6.07, 6.45) is 2.13. The number of aromatic nitrogens is 1. The van der Waals surface area contributed by atoms with Crippen LogP contribution in [0.3, 0.4) is 0 Å². The van der Waals surface area contributed by atoms with Crippen LogP contribution < -0.4 is 10.6 Å². The van der Waals surface area contributed by atoms with E-state index in [4.69, 9.17) is 11.6 Å². The summed E-state index contributed by atoms with van der Waals surface area (Å²) in [6.45, 7) is 0.537. The van der Waals surface area contributed by atoms with E-state index in [-0.39, 0.29) is 5.91 Å². The quantitative estimate of drug-likeness (QED) is 0.734. The lowest BCUT2D eigenvalue weighted by Crippen LogP contribution is -2.16. The highest BCUT2D eigenvalue weighted by atomic mass is 35.5. The maximum Gasteiger partial charge on any atom is 0.226 e. The van der Waals surface area contributed by atoms with Crippen LogP contribution in [0.25, 0.3) is 10.9 Å². The smallest absolute Gasteiger partial charge is 0.226 e. The van der Waals surface area contributed by atoms with Crippen LogP contribution in [0.5, 0.6) is 0 Å². The number of fused-ring (bicyclic) bond motifs is 1. The number of rotatable bonds is 5. The molecule has 0 unspecified atom stereocenters. The second-order valence-electron chi connectivity index (χ2n) is 5.11. The van der Waals surface area contributed by atoms with Crippen LogP contribution in [-0.2, 0) is 4.79 Å². The van der Waals surface area contributed by atoms with Gasteiger partial charge in [0.05, 0.1) is 11.2 Å². The van der Waals surface area contributed by atoms with Crippen molar-refractivity contribution in [2.75, 3.05) is 17.2 Å². The Bertz CT molecular complexity index is 813. The standard InChI is InChI=1S/C18H16ClN3O/c19-14-6-8-15(9-7-14)22-17(23)10-12-20-16-5-1-3-13-4-2-11-21-18(13)16/h1-9,11,20H,10,12H2,(H,22,23). The van der Waals surface area contributed by atoms with Crippen LogP contribution in [0.1, 0.15) is 6.42 Å². The van der Waals surface area contributed by atoms with Crippen LogP contribution in [0.15, 0.2) is 60.8 Å². The van der Waals surface area contributed by atoms with Crippen molar-refractivity contribution in [3.05, 3.63) is 65.8 Å². The molecule has 3 rings (SSSR count). The van der Waals surface area contributed by atoms with Gasteiger partial charge in [0.1, 0.15) is 0 Å². The van der Waals surface area contributed by atoms with E-state index in [0.29, 0.717) is 18.0 Å². The third kappa shape index (κ3) is 3.99. The Labute approximate surface area is 139 Å². The third-order valence-corrected chi connectivity index (χ3v) is 3.68. The monoisotopic (exact) mass is 325 g/mol. The molecular weight excluding hydrogens is 310 g/mol. The van der Waals surface area contributed by atoms with E-state index < -0.39 is 0 Å². The van der Waals surface area contributed by atoms with Crippen molar-refractivity contribution >= 4 is 39.8 Å². The minimum Gasteiger partial charge on any atom is -0.383 e. The number of pyridine rings is 1. The van der Waals surface area contributed by atoms with Gasteiger partial charge in [-0.2, -0.15) is 0 Å². The predicted octanol–water partition coefficient (Wildman–Crippen LogP) is 4.33. The van der Waals surface area contributed by atoms with Gasteiger partial charge in [0.15, 0.2) is 0 Å². The number of nitrogens with one attached hydrogen (secondary N) is 2. The molecule has 1 heterocycles. The Morgan fingerprint density at radius 3 is 2.65 bits per heavy atom. The van der Waals surface area contributed by atoms with Gasteiger partial charge in [0.2, 0.25) is 5.91 Å². The van der Waals surface area contributed by atoms with Crippen LogP contribution in [0, 0.1) is 0 Å². The van der Waals surface area contributed by atoms with E-state index in [1.165, 1.54) is 0 Å². The molecule has 23 heavy (non-hydrogen) atoms. The highest BCUT2D eigenvalue weighted by Crippen LogP contribution is 2.20. The average Bonchev–Trinajstić information content (AvgIpc) is 2.57. The minimum absolute atomic E-state index is 0.0481. The Morgan fingerprint density at radius 1 is 1.04 bits per heavy atom. The number of anilines is 2. The molecule has 0 spiro atoms. The minimum atomic E-state index is -0.0481. The maximum atomic E-state index is 12.0. The molecule has 0 radical (unpaired) electrons. The fourth-order valence-corrected chi connectivity index (χ4v) is 2.44. The van der Waals surface area contributed by atoms with Crippen molar-refractivity contribution in [3.63, 3.8) is 0 Å². The van der Waals surface area contributed by atoms with E-state index in [1.807, 2.05) is 30.3 Å². The molecule has 116 valence electrons. The zero-order chi connectivity index (χ0) is 16.1. The Balaban J connectivity index is 1.56. The summed E-state index contributed by atoms with van der Waals surface area (Å²) >= 11 is 5.82. The average molecular weight is 326 g/mol. The van der Waals surface area contributed by atoms with Crippen molar-refractivity contribution < 1.29 is 4.79 Å². The first-order valence-electron chi connectivity index (χ1n) is 7.35. The van der Waals surface area contributed by atoms with Gasteiger partial charge in [-0.1, -0.05) is 29.8 Å². The number of benzene rings is 2. The molecule has 1 amide bonds. The normalized spacial score (nSPS) is 10.5. The van der Waals surface area contributed by atoms with E-state index in [0.717, 1.165) is 22.3 Å². The lowest BCUT2D eigenvalue weighted by atomic mass is 10.2. The number of hydrogen-bond donors (Lipinski definition) is 2. The van der Waals surface area contributed by atoms with Crippen LogP contribution in [0.4, 0.5) is 11.4 Å². The summed E-state index contributed by atoms with van der Waals surface area (Å²) in [5.41, 5.74) is 2.58. The molecule has 5 heteroatoms. The summed E-state index contributed by atoms with van der Waals surface area (Å²) in [4.78, 5) is 16.3. The number of carbonyl (C=O) groups is 1. The fraction of sp³-hybridized carbons (Fsp3) is 0.111. The molecule has 0 bridgehead atoms. The van der Waals surface area contributed by atoms with Gasteiger partial charge in [0, 0.05) is 35.3 Å². The molecular formula is C18H16ClN3O.